The first-order valence-corrected chi connectivity index (χ1v) is 5.19. The summed E-state index contributed by atoms with van der Waals surface area (Å²) in [5.74, 6) is 1.12. The van der Waals surface area contributed by atoms with Crippen LogP contribution in [0, 0.1) is 0 Å². The summed E-state index contributed by atoms with van der Waals surface area (Å²) in [5.41, 5.74) is 1.45. The Morgan fingerprint density at radius 1 is 1.70 bits per heavy atom. The average molecular weight is 173 g/mol. The maximum Gasteiger partial charge on any atom is 0.129 e. The van der Waals surface area contributed by atoms with E-state index in [0.717, 1.165) is 12.3 Å². The van der Waals surface area contributed by atoms with Gasteiger partial charge in [0.25, 0.3) is 0 Å². The smallest absolute Gasteiger partial charge is 0.129 e. The summed E-state index contributed by atoms with van der Waals surface area (Å²) in [6.45, 7) is 5.13. The van der Waals surface area contributed by atoms with Crippen LogP contribution in [-0.2, 0) is 0 Å². The molecule has 0 bridgehead atoms. The molecule has 0 aliphatic carbocycles. The highest BCUT2D eigenvalue weighted by Gasteiger charge is 2.05. The fourth-order valence-corrected chi connectivity index (χ4v) is 2.55. The first-order valence-electron chi connectivity index (χ1n) is 3.32. The molecule has 56 valence electrons. The van der Waals surface area contributed by atoms with Crippen LogP contribution in [0.25, 0.3) is 0 Å². The maximum absolute atomic E-state index is 4.32. The van der Waals surface area contributed by atoms with E-state index < -0.39 is 0 Å². The van der Waals surface area contributed by atoms with Crippen LogP contribution >= 0.6 is 23.5 Å². The van der Waals surface area contributed by atoms with Gasteiger partial charge in [-0.2, -0.15) is 0 Å². The summed E-state index contributed by atoms with van der Waals surface area (Å²) in [7, 11) is 0. The lowest BCUT2D eigenvalue weighted by atomic mass is 10.4. The Kier molecular flexibility index (Phi) is 3.35. The molecular weight excluding hydrogens is 162 g/mol. The minimum Gasteiger partial charge on any atom is -0.272 e. The molecule has 1 heterocycles. The molecule has 0 atom stereocenters. The van der Waals surface area contributed by atoms with Crippen molar-refractivity contribution >= 4 is 27.9 Å². The fraction of sp³-hybridized carbons (Fsp3) is 0.571. The lowest BCUT2D eigenvalue weighted by Gasteiger charge is -2.08. The van der Waals surface area contributed by atoms with Gasteiger partial charge >= 0.3 is 0 Å². The van der Waals surface area contributed by atoms with E-state index in [1.807, 2.05) is 11.8 Å². The van der Waals surface area contributed by atoms with Crippen LogP contribution in [0.15, 0.2) is 16.0 Å². The van der Waals surface area contributed by atoms with Crippen LogP contribution in [0.1, 0.15) is 13.8 Å². The lowest BCUT2D eigenvalue weighted by Crippen LogP contribution is -1.95. The van der Waals surface area contributed by atoms with E-state index in [2.05, 4.69) is 24.2 Å². The summed E-state index contributed by atoms with van der Waals surface area (Å²) < 4.78 is 1.22. The highest BCUT2D eigenvalue weighted by atomic mass is 32.2. The maximum atomic E-state index is 4.32. The first kappa shape index (κ1) is 8.21. The van der Waals surface area contributed by atoms with Gasteiger partial charge in [0.1, 0.15) is 4.38 Å². The molecule has 0 N–H and O–H groups in total. The zero-order valence-electron chi connectivity index (χ0n) is 6.26. The summed E-state index contributed by atoms with van der Waals surface area (Å²) >= 11 is 3.59. The highest BCUT2D eigenvalue weighted by Crippen LogP contribution is 2.27. The molecule has 0 saturated carbocycles. The third kappa shape index (κ3) is 2.39. The molecule has 0 aromatic rings. The molecule has 1 aliphatic heterocycles. The summed E-state index contributed by atoms with van der Waals surface area (Å²) in [4.78, 5) is 4.32. The number of nitrogens with zero attached hydrogens (tertiary/aromatic N) is 1. The number of rotatable bonds is 1. The molecule has 0 saturated heterocycles. The Balaban J connectivity index is 2.49. The zero-order valence-corrected chi connectivity index (χ0v) is 7.89. The molecule has 0 aromatic heterocycles. The van der Waals surface area contributed by atoms with Crippen LogP contribution < -0.4 is 0 Å². The largest absolute Gasteiger partial charge is 0.272 e. The van der Waals surface area contributed by atoms with Crippen molar-refractivity contribution in [1.82, 2.24) is 0 Å². The van der Waals surface area contributed by atoms with Gasteiger partial charge in [-0.3, -0.25) is 4.99 Å². The first-order chi connectivity index (χ1) is 4.83. The van der Waals surface area contributed by atoms with E-state index >= 15 is 0 Å². The number of thioether (sulfide) groups is 2. The van der Waals surface area contributed by atoms with Gasteiger partial charge in [-0.05, 0) is 19.3 Å². The molecule has 10 heavy (non-hydrogen) atoms. The molecule has 1 rings (SSSR count). The molecule has 0 amide bonds. The second-order valence-corrected chi connectivity index (χ2v) is 4.19. The van der Waals surface area contributed by atoms with Crippen molar-refractivity contribution in [3.8, 4) is 0 Å². The van der Waals surface area contributed by atoms with Gasteiger partial charge in [-0.15, -0.1) is 0 Å². The number of hydrogen-bond donors (Lipinski definition) is 0. The van der Waals surface area contributed by atoms with Crippen molar-refractivity contribution in [2.75, 3.05) is 12.3 Å². The Morgan fingerprint density at radius 2 is 2.50 bits per heavy atom. The molecule has 1 nitrogen and oxygen atoms in total. The van der Waals surface area contributed by atoms with Crippen molar-refractivity contribution in [1.29, 1.82) is 0 Å². The summed E-state index contributed by atoms with van der Waals surface area (Å²) in [6.07, 6.45) is 0. The van der Waals surface area contributed by atoms with Crippen LogP contribution in [0.5, 0.6) is 0 Å². The molecule has 0 unspecified atom stereocenters. The van der Waals surface area contributed by atoms with Crippen LogP contribution in [0.2, 0.25) is 0 Å². The zero-order chi connectivity index (χ0) is 7.40. The normalized spacial score (nSPS) is 23.0. The molecule has 0 aromatic carbocycles. The highest BCUT2D eigenvalue weighted by molar-refractivity contribution is 8.40. The van der Waals surface area contributed by atoms with Gasteiger partial charge in [0, 0.05) is 12.3 Å². The van der Waals surface area contributed by atoms with E-state index in [0.29, 0.717) is 0 Å². The van der Waals surface area contributed by atoms with E-state index in [9.17, 15) is 0 Å². The summed E-state index contributed by atoms with van der Waals surface area (Å²) in [6, 6.07) is 0. The number of aliphatic imine (C=N–C) groups is 1. The molecule has 1 aliphatic rings. The number of hydrogen-bond acceptors (Lipinski definition) is 3. The van der Waals surface area contributed by atoms with Crippen molar-refractivity contribution in [2.45, 2.75) is 13.8 Å². The van der Waals surface area contributed by atoms with Crippen LogP contribution in [0.4, 0.5) is 0 Å². The third-order valence-electron chi connectivity index (χ3n) is 1.07. The Hall–Kier alpha value is 0.110. The predicted octanol–water partition coefficient (Wildman–Crippen LogP) is 2.75. The monoisotopic (exact) mass is 173 g/mol. The Morgan fingerprint density at radius 3 is 3.00 bits per heavy atom. The van der Waals surface area contributed by atoms with Crippen molar-refractivity contribution in [3.05, 3.63) is 11.0 Å². The van der Waals surface area contributed by atoms with Gasteiger partial charge in [0.2, 0.25) is 0 Å². The van der Waals surface area contributed by atoms with E-state index in [1.165, 1.54) is 9.95 Å². The predicted molar refractivity (Wildman–Crippen MR) is 51.8 cm³/mol. The quantitative estimate of drug-likeness (QED) is 0.604. The topological polar surface area (TPSA) is 12.4 Å². The van der Waals surface area contributed by atoms with Gasteiger partial charge in [0.05, 0.1) is 0 Å². The Labute approximate surface area is 70.4 Å². The van der Waals surface area contributed by atoms with Gasteiger partial charge in [0.15, 0.2) is 0 Å². The summed E-state index contributed by atoms with van der Waals surface area (Å²) in [5, 5.41) is 2.19. The third-order valence-corrected chi connectivity index (χ3v) is 3.54. The fourth-order valence-electron chi connectivity index (χ4n) is 0.607. The minimum absolute atomic E-state index is 0.905. The molecule has 0 fully saturated rings. The van der Waals surface area contributed by atoms with Crippen LogP contribution in [0.3, 0.4) is 0 Å². The van der Waals surface area contributed by atoms with Gasteiger partial charge in [-0.25, -0.2) is 0 Å². The second kappa shape index (κ2) is 4.09. The van der Waals surface area contributed by atoms with Gasteiger partial charge in [-0.1, -0.05) is 29.1 Å². The molecule has 0 spiro atoms. The van der Waals surface area contributed by atoms with Gasteiger partial charge < -0.3 is 0 Å². The molecule has 0 radical (unpaired) electrons. The van der Waals surface area contributed by atoms with Crippen molar-refractivity contribution in [2.24, 2.45) is 4.99 Å². The standard InChI is InChI=1S/C7H11NS2/c1-3-8-7-9-4-6(2)5-10-7/h4H,3,5H2,1-2H3. The molecular formula is C7H11NS2. The average Bonchev–Trinajstić information content (AvgIpc) is 1.95. The Bertz CT molecular complexity index is 172. The van der Waals surface area contributed by atoms with E-state index in [-0.39, 0.29) is 0 Å². The second-order valence-electron chi connectivity index (χ2n) is 2.11. The van der Waals surface area contributed by atoms with Crippen LogP contribution in [-0.4, -0.2) is 16.7 Å². The SMILES string of the molecule is CCN=C1SC=C(C)CS1. The lowest BCUT2D eigenvalue weighted by molar-refractivity contribution is 1.14. The van der Waals surface area contributed by atoms with Crippen molar-refractivity contribution in [3.63, 3.8) is 0 Å². The van der Waals surface area contributed by atoms with E-state index in [1.54, 1.807) is 11.8 Å². The van der Waals surface area contributed by atoms with E-state index in [4.69, 9.17) is 0 Å². The minimum atomic E-state index is 0.905. The van der Waals surface area contributed by atoms with Crippen molar-refractivity contribution < 1.29 is 0 Å². The molecule has 3 heteroatoms.